The summed E-state index contributed by atoms with van der Waals surface area (Å²) >= 11 is 12.7. The van der Waals surface area contributed by atoms with Crippen LogP contribution in [0.25, 0.3) is 0 Å². The maximum absolute atomic E-state index is 13.3. The number of rotatable bonds is 3. The Morgan fingerprint density at radius 3 is 2.40 bits per heavy atom. The molecule has 0 saturated carbocycles. The summed E-state index contributed by atoms with van der Waals surface area (Å²) < 4.78 is 50.8. The highest BCUT2D eigenvalue weighted by atomic mass is 35.5. The molecule has 2 atom stereocenters. The number of carbonyl (C=O) groups is 1. The molecule has 0 saturated heterocycles. The van der Waals surface area contributed by atoms with E-state index in [0.717, 1.165) is 5.56 Å². The second-order valence-corrected chi connectivity index (χ2v) is 8.87. The van der Waals surface area contributed by atoms with E-state index in [0.29, 0.717) is 5.02 Å². The quantitative estimate of drug-likeness (QED) is 0.554. The lowest BCUT2D eigenvalue weighted by atomic mass is 9.87. The molecule has 2 aromatic carbocycles. The summed E-state index contributed by atoms with van der Waals surface area (Å²) in [7, 11) is 0. The van der Waals surface area contributed by atoms with Crippen molar-refractivity contribution in [3.8, 4) is 17.2 Å². The third-order valence-electron chi connectivity index (χ3n) is 4.81. The number of halogens is 5. The minimum absolute atomic E-state index is 0.0538. The third kappa shape index (κ3) is 4.47. The number of aliphatic carboxylic acids is 1. The first-order valence-electron chi connectivity index (χ1n) is 9.04. The molecule has 2 unspecified atom stereocenters. The molecule has 0 amide bonds. The lowest BCUT2D eigenvalue weighted by Crippen LogP contribution is -2.47. The minimum atomic E-state index is -4.84. The molecule has 1 N–H and O–H groups in total. The second kappa shape index (κ2) is 7.85. The number of ether oxygens (including phenoxy) is 2. The second-order valence-electron chi connectivity index (χ2n) is 8.09. The number of fused-ring (bicyclic) bond motifs is 1. The molecule has 1 aliphatic heterocycles. The standard InChI is InChI=1S/C21H19Cl2F3O4/c1-20(2,3)12-5-4-6-14(17(12)23)29-16-9-15-10(8-13(16)22)7-11(19(27)28)18(30-15)21(24,25)26/h4-6,8-9,11,18H,7H2,1-3H3,(H,27,28). The zero-order valence-electron chi connectivity index (χ0n) is 16.3. The molecule has 1 heterocycles. The van der Waals surface area contributed by atoms with Crippen LogP contribution in [0.5, 0.6) is 17.2 Å². The SMILES string of the molecule is CC(C)(C)c1cccc(Oc2cc3c(cc2Cl)CC(C(=O)O)C(C(F)(F)F)O3)c1Cl. The molecule has 162 valence electrons. The van der Waals surface area contributed by atoms with Crippen molar-refractivity contribution in [2.24, 2.45) is 5.92 Å². The third-order valence-corrected chi connectivity index (χ3v) is 5.49. The van der Waals surface area contributed by atoms with Gasteiger partial charge < -0.3 is 14.6 Å². The number of alkyl halides is 3. The molecular formula is C21H19Cl2F3O4. The fourth-order valence-corrected chi connectivity index (χ4v) is 3.96. The van der Waals surface area contributed by atoms with Gasteiger partial charge in [0.25, 0.3) is 0 Å². The fraction of sp³-hybridized carbons (Fsp3) is 0.381. The first-order chi connectivity index (χ1) is 13.8. The van der Waals surface area contributed by atoms with E-state index in [1.807, 2.05) is 26.8 Å². The summed E-state index contributed by atoms with van der Waals surface area (Å²) in [6.07, 6.45) is -7.68. The predicted molar refractivity (Wildman–Crippen MR) is 107 cm³/mol. The lowest BCUT2D eigenvalue weighted by Gasteiger charge is -2.32. The number of hydrogen-bond donors (Lipinski definition) is 1. The Bertz CT molecular complexity index is 983. The van der Waals surface area contributed by atoms with Gasteiger partial charge in [0.05, 0.1) is 10.0 Å². The van der Waals surface area contributed by atoms with Crippen molar-refractivity contribution in [2.45, 2.75) is 44.9 Å². The zero-order chi connectivity index (χ0) is 22.4. The van der Waals surface area contributed by atoms with E-state index in [1.54, 1.807) is 12.1 Å². The van der Waals surface area contributed by atoms with E-state index < -0.39 is 24.2 Å². The average Bonchev–Trinajstić information content (AvgIpc) is 2.61. The van der Waals surface area contributed by atoms with Crippen molar-refractivity contribution in [3.05, 3.63) is 51.5 Å². The van der Waals surface area contributed by atoms with Gasteiger partial charge in [0, 0.05) is 6.07 Å². The van der Waals surface area contributed by atoms with Crippen LogP contribution in [0, 0.1) is 5.92 Å². The van der Waals surface area contributed by atoms with Crippen molar-refractivity contribution in [2.75, 3.05) is 0 Å². The van der Waals surface area contributed by atoms with Crippen LogP contribution >= 0.6 is 23.2 Å². The monoisotopic (exact) mass is 462 g/mol. The largest absolute Gasteiger partial charge is 0.481 e. The Morgan fingerprint density at radius 1 is 1.17 bits per heavy atom. The Hall–Kier alpha value is -2.12. The van der Waals surface area contributed by atoms with Gasteiger partial charge >= 0.3 is 12.1 Å². The van der Waals surface area contributed by atoms with Gasteiger partial charge in [-0.05, 0) is 35.1 Å². The van der Waals surface area contributed by atoms with Gasteiger partial charge in [-0.2, -0.15) is 13.2 Å². The summed E-state index contributed by atoms with van der Waals surface area (Å²) in [6.45, 7) is 5.94. The summed E-state index contributed by atoms with van der Waals surface area (Å²) in [5, 5.41) is 9.65. The first-order valence-corrected chi connectivity index (χ1v) is 9.80. The smallest absolute Gasteiger partial charge is 0.426 e. The van der Waals surface area contributed by atoms with Gasteiger partial charge in [-0.3, -0.25) is 4.79 Å². The van der Waals surface area contributed by atoms with Crippen LogP contribution in [0.15, 0.2) is 30.3 Å². The predicted octanol–water partition coefficient (Wildman–Crippen LogP) is 6.65. The van der Waals surface area contributed by atoms with Gasteiger partial charge in [0.2, 0.25) is 6.10 Å². The molecule has 0 fully saturated rings. The van der Waals surface area contributed by atoms with Crippen molar-refractivity contribution in [1.82, 2.24) is 0 Å². The number of carboxylic acid groups (broad SMARTS) is 1. The topological polar surface area (TPSA) is 55.8 Å². The van der Waals surface area contributed by atoms with E-state index in [4.69, 9.17) is 32.7 Å². The molecule has 2 aromatic rings. The van der Waals surface area contributed by atoms with Crippen LogP contribution in [0.3, 0.4) is 0 Å². The molecule has 0 aliphatic carbocycles. The Kier molecular flexibility index (Phi) is 5.91. The maximum atomic E-state index is 13.3. The highest BCUT2D eigenvalue weighted by molar-refractivity contribution is 6.33. The van der Waals surface area contributed by atoms with Crippen molar-refractivity contribution in [3.63, 3.8) is 0 Å². The van der Waals surface area contributed by atoms with Gasteiger partial charge in [-0.1, -0.05) is 56.1 Å². The maximum Gasteiger partial charge on any atom is 0.426 e. The van der Waals surface area contributed by atoms with Crippen LogP contribution < -0.4 is 9.47 Å². The van der Waals surface area contributed by atoms with Gasteiger partial charge in [0.1, 0.15) is 23.2 Å². The minimum Gasteiger partial charge on any atom is -0.481 e. The van der Waals surface area contributed by atoms with Crippen LogP contribution in [0.2, 0.25) is 10.0 Å². The first kappa shape index (κ1) is 22.6. The van der Waals surface area contributed by atoms with Gasteiger partial charge in [-0.25, -0.2) is 0 Å². The van der Waals surface area contributed by atoms with Crippen molar-refractivity contribution in [1.29, 1.82) is 0 Å². The van der Waals surface area contributed by atoms with Gasteiger partial charge in [0.15, 0.2) is 0 Å². The molecule has 1 aliphatic rings. The highest BCUT2D eigenvalue weighted by Crippen LogP contribution is 2.45. The Balaban J connectivity index is 1.99. The fourth-order valence-electron chi connectivity index (χ4n) is 3.29. The van der Waals surface area contributed by atoms with Crippen molar-refractivity contribution >= 4 is 29.2 Å². The number of hydrogen-bond acceptors (Lipinski definition) is 3. The number of carboxylic acids is 1. The molecular weight excluding hydrogens is 444 g/mol. The Morgan fingerprint density at radius 2 is 1.83 bits per heavy atom. The summed E-state index contributed by atoms with van der Waals surface area (Å²) in [6, 6.07) is 7.81. The van der Waals surface area contributed by atoms with Crippen LogP contribution in [-0.2, 0) is 16.6 Å². The van der Waals surface area contributed by atoms with Gasteiger partial charge in [-0.15, -0.1) is 0 Å². The molecule has 4 nitrogen and oxygen atoms in total. The van der Waals surface area contributed by atoms with E-state index in [1.165, 1.54) is 12.1 Å². The lowest BCUT2D eigenvalue weighted by molar-refractivity contribution is -0.217. The number of benzene rings is 2. The van der Waals surface area contributed by atoms with E-state index in [2.05, 4.69) is 0 Å². The molecule has 0 aromatic heterocycles. The average molecular weight is 463 g/mol. The summed E-state index contributed by atoms with van der Waals surface area (Å²) in [5.41, 5.74) is 0.827. The normalized spacial score (nSPS) is 19.1. The zero-order valence-corrected chi connectivity index (χ0v) is 17.8. The molecule has 0 bridgehead atoms. The Labute approximate surface area is 181 Å². The molecule has 9 heteroatoms. The van der Waals surface area contributed by atoms with E-state index in [9.17, 15) is 23.1 Å². The highest BCUT2D eigenvalue weighted by Gasteiger charge is 2.52. The molecule has 0 radical (unpaired) electrons. The van der Waals surface area contributed by atoms with E-state index >= 15 is 0 Å². The molecule has 30 heavy (non-hydrogen) atoms. The summed E-state index contributed by atoms with van der Waals surface area (Å²) in [4.78, 5) is 11.3. The molecule has 3 rings (SSSR count). The molecule has 0 spiro atoms. The van der Waals surface area contributed by atoms with Crippen molar-refractivity contribution < 1.29 is 32.5 Å². The van der Waals surface area contributed by atoms with E-state index in [-0.39, 0.29) is 39.7 Å². The van der Waals surface area contributed by atoms with Crippen LogP contribution in [-0.4, -0.2) is 23.4 Å². The van der Waals surface area contributed by atoms with Crippen LogP contribution in [0.1, 0.15) is 31.9 Å². The van der Waals surface area contributed by atoms with Crippen LogP contribution in [0.4, 0.5) is 13.2 Å². The summed E-state index contributed by atoms with van der Waals surface area (Å²) in [5.74, 6) is -3.14.